The highest BCUT2D eigenvalue weighted by Gasteiger charge is 2.29. The molecule has 1 saturated carbocycles. The average molecular weight is 198 g/mol. The van der Waals surface area contributed by atoms with E-state index in [1.165, 1.54) is 25.7 Å². The summed E-state index contributed by atoms with van der Waals surface area (Å²) in [5.41, 5.74) is 0. The molecule has 0 radical (unpaired) electrons. The van der Waals surface area contributed by atoms with Crippen molar-refractivity contribution in [2.45, 2.75) is 50.8 Å². The van der Waals surface area contributed by atoms with Crippen molar-refractivity contribution in [3.63, 3.8) is 0 Å². The maximum atomic E-state index is 9.73. The Hall–Kier alpha value is -0.120. The zero-order chi connectivity index (χ0) is 9.97. The molecule has 1 aliphatic carbocycles. The summed E-state index contributed by atoms with van der Waals surface area (Å²) in [6, 6.07) is 1.31. The molecule has 1 saturated heterocycles. The van der Waals surface area contributed by atoms with Crippen LogP contribution in [0.1, 0.15) is 32.6 Å². The molecule has 14 heavy (non-hydrogen) atoms. The predicted octanol–water partition coefficient (Wildman–Crippen LogP) is 0.584. The van der Waals surface area contributed by atoms with Gasteiger partial charge in [0.2, 0.25) is 0 Å². The lowest BCUT2D eigenvalue weighted by Crippen LogP contribution is -2.44. The Morgan fingerprint density at radius 2 is 1.93 bits per heavy atom. The van der Waals surface area contributed by atoms with E-state index in [-0.39, 0.29) is 6.10 Å². The molecule has 0 aromatic rings. The third kappa shape index (κ3) is 2.27. The summed E-state index contributed by atoms with van der Waals surface area (Å²) in [7, 11) is 0. The van der Waals surface area contributed by atoms with Crippen LogP contribution in [-0.4, -0.2) is 47.8 Å². The number of rotatable bonds is 1. The number of aliphatic hydroxyl groups is 1. The second-order valence-corrected chi connectivity index (χ2v) is 4.80. The predicted molar refractivity (Wildman–Crippen MR) is 57.3 cm³/mol. The number of hydrogen-bond acceptors (Lipinski definition) is 3. The Bertz CT molecular complexity index is 180. The smallest absolute Gasteiger partial charge is 0.0791 e. The maximum absolute atomic E-state index is 9.73. The normalized spacial score (nSPS) is 37.3. The molecule has 0 aromatic carbocycles. The second-order valence-electron chi connectivity index (χ2n) is 4.80. The molecule has 0 amide bonds. The van der Waals surface area contributed by atoms with Gasteiger partial charge in [0.25, 0.3) is 0 Å². The van der Waals surface area contributed by atoms with E-state index in [1.807, 2.05) is 0 Å². The van der Waals surface area contributed by atoms with E-state index in [0.717, 1.165) is 25.7 Å². The summed E-state index contributed by atoms with van der Waals surface area (Å²) < 4.78 is 0. The van der Waals surface area contributed by atoms with Gasteiger partial charge in [-0.05, 0) is 19.8 Å². The van der Waals surface area contributed by atoms with Gasteiger partial charge in [0.1, 0.15) is 0 Å². The Kier molecular flexibility index (Phi) is 3.42. The van der Waals surface area contributed by atoms with E-state index >= 15 is 0 Å². The highest BCUT2D eigenvalue weighted by Crippen LogP contribution is 2.25. The molecule has 2 unspecified atom stereocenters. The van der Waals surface area contributed by atoms with Crippen LogP contribution in [0.4, 0.5) is 0 Å². The molecule has 1 heterocycles. The SMILES string of the molecule is CC1CNCC(O)CN1C1CCCC1. The summed E-state index contributed by atoms with van der Waals surface area (Å²) in [4.78, 5) is 2.51. The minimum atomic E-state index is -0.180. The molecule has 2 fully saturated rings. The van der Waals surface area contributed by atoms with Crippen molar-refractivity contribution in [3.05, 3.63) is 0 Å². The molecule has 2 atom stereocenters. The summed E-state index contributed by atoms with van der Waals surface area (Å²) in [5.74, 6) is 0. The molecule has 1 aliphatic heterocycles. The number of nitrogens with one attached hydrogen (secondary N) is 1. The minimum absolute atomic E-state index is 0.180. The van der Waals surface area contributed by atoms with Crippen LogP contribution < -0.4 is 5.32 Å². The van der Waals surface area contributed by atoms with Crippen LogP contribution in [0.25, 0.3) is 0 Å². The van der Waals surface area contributed by atoms with Crippen LogP contribution in [0.2, 0.25) is 0 Å². The van der Waals surface area contributed by atoms with Gasteiger partial charge in [-0.1, -0.05) is 12.8 Å². The van der Waals surface area contributed by atoms with Crippen LogP contribution in [0.5, 0.6) is 0 Å². The zero-order valence-corrected chi connectivity index (χ0v) is 9.08. The van der Waals surface area contributed by atoms with Crippen molar-refractivity contribution < 1.29 is 5.11 Å². The second kappa shape index (κ2) is 4.60. The van der Waals surface area contributed by atoms with E-state index in [1.54, 1.807) is 0 Å². The lowest BCUT2D eigenvalue weighted by Gasteiger charge is -2.33. The molecule has 2 aliphatic rings. The standard InChI is InChI=1S/C11H22N2O/c1-9-6-12-7-11(14)8-13(9)10-4-2-3-5-10/h9-12,14H,2-8H2,1H3. The molecule has 3 heteroatoms. The first-order valence-electron chi connectivity index (χ1n) is 5.92. The third-order valence-electron chi connectivity index (χ3n) is 3.60. The molecule has 2 N–H and O–H groups in total. The molecule has 0 aromatic heterocycles. The number of hydrogen-bond donors (Lipinski definition) is 2. The topological polar surface area (TPSA) is 35.5 Å². The summed E-state index contributed by atoms with van der Waals surface area (Å²) in [5, 5.41) is 13.0. The van der Waals surface area contributed by atoms with E-state index in [4.69, 9.17) is 0 Å². The molecular weight excluding hydrogens is 176 g/mol. The van der Waals surface area contributed by atoms with Crippen LogP contribution in [0.3, 0.4) is 0 Å². The minimum Gasteiger partial charge on any atom is -0.390 e. The van der Waals surface area contributed by atoms with Crippen LogP contribution >= 0.6 is 0 Å². The fourth-order valence-electron chi connectivity index (χ4n) is 2.81. The summed E-state index contributed by atoms with van der Waals surface area (Å²) in [6.45, 7) is 4.91. The van der Waals surface area contributed by atoms with E-state index in [2.05, 4.69) is 17.1 Å². The molecular formula is C11H22N2O. The van der Waals surface area contributed by atoms with Gasteiger partial charge in [-0.3, -0.25) is 4.90 Å². The first kappa shape index (κ1) is 10.4. The number of nitrogens with zero attached hydrogens (tertiary/aromatic N) is 1. The Labute approximate surface area is 86.5 Å². The average Bonchev–Trinajstić information content (AvgIpc) is 2.61. The van der Waals surface area contributed by atoms with E-state index in [0.29, 0.717) is 6.04 Å². The van der Waals surface area contributed by atoms with Gasteiger partial charge >= 0.3 is 0 Å². The van der Waals surface area contributed by atoms with Crippen molar-refractivity contribution in [3.8, 4) is 0 Å². The monoisotopic (exact) mass is 198 g/mol. The molecule has 2 rings (SSSR count). The number of aliphatic hydroxyl groups excluding tert-OH is 1. The Morgan fingerprint density at radius 1 is 1.21 bits per heavy atom. The summed E-state index contributed by atoms with van der Waals surface area (Å²) >= 11 is 0. The third-order valence-corrected chi connectivity index (χ3v) is 3.60. The lowest BCUT2D eigenvalue weighted by molar-refractivity contribution is 0.0840. The van der Waals surface area contributed by atoms with Gasteiger partial charge in [0.05, 0.1) is 6.10 Å². The van der Waals surface area contributed by atoms with Crippen LogP contribution in [0.15, 0.2) is 0 Å². The van der Waals surface area contributed by atoms with Crippen LogP contribution in [0, 0.1) is 0 Å². The lowest BCUT2D eigenvalue weighted by atomic mass is 10.1. The van der Waals surface area contributed by atoms with Crippen molar-refractivity contribution >= 4 is 0 Å². The van der Waals surface area contributed by atoms with Gasteiger partial charge < -0.3 is 10.4 Å². The summed E-state index contributed by atoms with van der Waals surface area (Å²) in [6.07, 6.45) is 5.23. The Balaban J connectivity index is 1.97. The highest BCUT2D eigenvalue weighted by molar-refractivity contribution is 4.86. The van der Waals surface area contributed by atoms with E-state index < -0.39 is 0 Å². The van der Waals surface area contributed by atoms with Crippen molar-refractivity contribution in [1.29, 1.82) is 0 Å². The fraction of sp³-hybridized carbons (Fsp3) is 1.00. The molecule has 3 nitrogen and oxygen atoms in total. The quantitative estimate of drug-likeness (QED) is 0.647. The highest BCUT2D eigenvalue weighted by atomic mass is 16.3. The fourth-order valence-corrected chi connectivity index (χ4v) is 2.81. The first-order valence-corrected chi connectivity index (χ1v) is 5.92. The maximum Gasteiger partial charge on any atom is 0.0791 e. The first-order chi connectivity index (χ1) is 6.77. The molecule has 0 bridgehead atoms. The van der Waals surface area contributed by atoms with Crippen LogP contribution in [-0.2, 0) is 0 Å². The van der Waals surface area contributed by atoms with Gasteiger partial charge in [0, 0.05) is 31.7 Å². The zero-order valence-electron chi connectivity index (χ0n) is 9.08. The van der Waals surface area contributed by atoms with E-state index in [9.17, 15) is 5.11 Å². The van der Waals surface area contributed by atoms with Crippen molar-refractivity contribution in [2.24, 2.45) is 0 Å². The van der Waals surface area contributed by atoms with Gasteiger partial charge in [-0.15, -0.1) is 0 Å². The van der Waals surface area contributed by atoms with Gasteiger partial charge in [0.15, 0.2) is 0 Å². The van der Waals surface area contributed by atoms with Crippen molar-refractivity contribution in [2.75, 3.05) is 19.6 Å². The molecule has 82 valence electrons. The number of β-amino-alcohol motifs (C(OH)–C–C–N with tert-alkyl or cyclic N) is 1. The van der Waals surface area contributed by atoms with Gasteiger partial charge in [-0.2, -0.15) is 0 Å². The largest absolute Gasteiger partial charge is 0.390 e. The van der Waals surface area contributed by atoms with Crippen molar-refractivity contribution in [1.82, 2.24) is 10.2 Å². The Morgan fingerprint density at radius 3 is 2.64 bits per heavy atom. The van der Waals surface area contributed by atoms with Gasteiger partial charge in [-0.25, -0.2) is 0 Å². The molecule has 0 spiro atoms.